The van der Waals surface area contributed by atoms with Crippen LogP contribution in [0.5, 0.6) is 0 Å². The Balaban J connectivity index is 1.96. The summed E-state index contributed by atoms with van der Waals surface area (Å²) in [6.45, 7) is 0. The minimum Gasteiger partial charge on any atom is -0.453 e. The van der Waals surface area contributed by atoms with Crippen LogP contribution in [0.2, 0.25) is 0 Å². The van der Waals surface area contributed by atoms with Crippen molar-refractivity contribution < 1.29 is 14.3 Å². The number of nitrogens with one attached hydrogen (secondary N) is 1. The van der Waals surface area contributed by atoms with E-state index >= 15 is 0 Å². The number of alkyl carbamates (subject to hydrolysis) is 1. The number of carbonyl (C=O) groups is 2. The molecule has 1 amide bonds. The SMILES string of the molecule is COC(=O)N[C@H](CC(=O)C1CS1)Cc1ccccc1. The van der Waals surface area contributed by atoms with Crippen LogP contribution in [-0.2, 0) is 16.0 Å². The molecule has 0 saturated carbocycles. The molecule has 1 aliphatic heterocycles. The Bertz CT molecular complexity index is 445. The molecule has 1 fully saturated rings. The second-order valence-corrected chi connectivity index (χ2v) is 5.75. The van der Waals surface area contributed by atoms with Crippen molar-refractivity contribution in [3.8, 4) is 0 Å². The zero-order valence-electron chi connectivity index (χ0n) is 10.8. The van der Waals surface area contributed by atoms with Crippen LogP contribution in [0.4, 0.5) is 4.79 Å². The van der Waals surface area contributed by atoms with Gasteiger partial charge in [-0.05, 0) is 12.0 Å². The zero-order chi connectivity index (χ0) is 13.7. The number of rotatable bonds is 6. The molecule has 19 heavy (non-hydrogen) atoms. The van der Waals surface area contributed by atoms with Gasteiger partial charge in [0.05, 0.1) is 12.4 Å². The Labute approximate surface area is 116 Å². The van der Waals surface area contributed by atoms with Crippen LogP contribution in [0.1, 0.15) is 12.0 Å². The lowest BCUT2D eigenvalue weighted by Crippen LogP contribution is -2.38. The third-order valence-electron chi connectivity index (χ3n) is 2.97. The largest absolute Gasteiger partial charge is 0.453 e. The summed E-state index contributed by atoms with van der Waals surface area (Å²) in [7, 11) is 1.33. The minimum absolute atomic E-state index is 0.137. The molecular formula is C14H17NO3S. The predicted octanol–water partition coefficient (Wildman–Crippen LogP) is 2.03. The quantitative estimate of drug-likeness (QED) is 0.810. The van der Waals surface area contributed by atoms with Crippen molar-refractivity contribution in [3.63, 3.8) is 0 Å². The van der Waals surface area contributed by atoms with Crippen molar-refractivity contribution >= 4 is 23.6 Å². The first-order valence-electron chi connectivity index (χ1n) is 6.21. The monoisotopic (exact) mass is 279 g/mol. The Morgan fingerprint density at radius 3 is 2.68 bits per heavy atom. The standard InChI is InChI=1S/C14H17NO3S/c1-18-14(17)15-11(8-12(16)13-9-19-13)7-10-5-3-2-4-6-10/h2-6,11,13H,7-9H2,1H3,(H,15,17)/t11-,13?/m0/s1. The molecule has 1 saturated heterocycles. The van der Waals surface area contributed by atoms with Gasteiger partial charge in [0, 0.05) is 18.2 Å². The van der Waals surface area contributed by atoms with Crippen molar-refractivity contribution in [2.75, 3.05) is 12.9 Å². The van der Waals surface area contributed by atoms with Crippen molar-refractivity contribution in [3.05, 3.63) is 35.9 Å². The Morgan fingerprint density at radius 1 is 1.42 bits per heavy atom. The van der Waals surface area contributed by atoms with Crippen molar-refractivity contribution in [1.82, 2.24) is 5.32 Å². The first-order valence-corrected chi connectivity index (χ1v) is 7.26. The number of ketones is 1. The van der Waals surface area contributed by atoms with Gasteiger partial charge >= 0.3 is 6.09 Å². The van der Waals surface area contributed by atoms with Gasteiger partial charge in [-0.1, -0.05) is 30.3 Å². The highest BCUT2D eigenvalue weighted by molar-refractivity contribution is 8.07. The summed E-state index contributed by atoms with van der Waals surface area (Å²) in [4.78, 5) is 23.2. The lowest BCUT2D eigenvalue weighted by molar-refractivity contribution is -0.118. The molecule has 1 N–H and O–H groups in total. The normalized spacial score (nSPS) is 18.5. The number of amides is 1. The molecule has 102 valence electrons. The fourth-order valence-corrected chi connectivity index (χ4v) is 2.47. The van der Waals surface area contributed by atoms with Gasteiger partial charge < -0.3 is 10.1 Å². The number of hydrogen-bond donors (Lipinski definition) is 1. The van der Waals surface area contributed by atoms with E-state index < -0.39 is 6.09 Å². The fraction of sp³-hybridized carbons (Fsp3) is 0.429. The lowest BCUT2D eigenvalue weighted by atomic mass is 10.0. The van der Waals surface area contributed by atoms with Gasteiger partial charge in [0.1, 0.15) is 5.78 Å². The number of ether oxygens (including phenoxy) is 1. The van der Waals surface area contributed by atoms with Gasteiger partial charge in [0.2, 0.25) is 0 Å². The number of thioether (sulfide) groups is 1. The molecule has 0 radical (unpaired) electrons. The van der Waals surface area contributed by atoms with Gasteiger partial charge in [0.15, 0.2) is 0 Å². The van der Waals surface area contributed by atoms with E-state index in [9.17, 15) is 9.59 Å². The van der Waals surface area contributed by atoms with Gasteiger partial charge in [-0.3, -0.25) is 4.79 Å². The first-order chi connectivity index (χ1) is 9.19. The summed E-state index contributed by atoms with van der Waals surface area (Å²) in [5.41, 5.74) is 1.10. The van der Waals surface area contributed by atoms with Crippen molar-refractivity contribution in [1.29, 1.82) is 0 Å². The highest BCUT2D eigenvalue weighted by Gasteiger charge is 2.32. The first kappa shape index (κ1) is 13.9. The van der Waals surface area contributed by atoms with E-state index in [1.807, 2.05) is 30.3 Å². The molecule has 4 nitrogen and oxygen atoms in total. The topological polar surface area (TPSA) is 55.4 Å². The number of Topliss-reactive ketones (excluding diaryl/α,β-unsaturated/α-hetero) is 1. The summed E-state index contributed by atoms with van der Waals surface area (Å²) in [5.74, 6) is 1.12. The van der Waals surface area contributed by atoms with Crippen LogP contribution in [0.3, 0.4) is 0 Å². The maximum atomic E-state index is 11.9. The maximum absolute atomic E-state index is 11.9. The van der Waals surface area contributed by atoms with Crippen LogP contribution in [0.15, 0.2) is 30.3 Å². The molecule has 0 aromatic heterocycles. The third kappa shape index (κ3) is 4.59. The molecule has 1 aliphatic rings. The average molecular weight is 279 g/mol. The van der Waals surface area contributed by atoms with Crippen LogP contribution in [0.25, 0.3) is 0 Å². The van der Waals surface area contributed by atoms with Crippen LogP contribution in [0, 0.1) is 0 Å². The lowest BCUT2D eigenvalue weighted by Gasteiger charge is -2.17. The van der Waals surface area contributed by atoms with Gasteiger partial charge in [-0.25, -0.2) is 4.79 Å². The molecule has 5 heteroatoms. The molecule has 0 bridgehead atoms. The zero-order valence-corrected chi connectivity index (χ0v) is 11.6. The van der Waals surface area contributed by atoms with Gasteiger partial charge in [0.25, 0.3) is 0 Å². The molecule has 0 spiro atoms. The van der Waals surface area contributed by atoms with Gasteiger partial charge in [-0.15, -0.1) is 11.8 Å². The predicted molar refractivity (Wildman–Crippen MR) is 75.3 cm³/mol. The summed E-state index contributed by atoms with van der Waals surface area (Å²) in [6.07, 6.45) is 0.512. The number of hydrogen-bond acceptors (Lipinski definition) is 4. The molecule has 2 atom stereocenters. The average Bonchev–Trinajstić information content (AvgIpc) is 3.24. The van der Waals surface area contributed by atoms with E-state index in [0.717, 1.165) is 11.3 Å². The highest BCUT2D eigenvalue weighted by Crippen LogP contribution is 2.32. The number of methoxy groups -OCH3 is 1. The molecule has 1 aromatic rings. The molecule has 2 rings (SSSR count). The van der Waals surface area contributed by atoms with Crippen LogP contribution < -0.4 is 5.32 Å². The summed E-state index contributed by atoms with van der Waals surface area (Å²) in [5, 5.41) is 2.87. The molecular weight excluding hydrogens is 262 g/mol. The van der Waals surface area contributed by atoms with Crippen LogP contribution >= 0.6 is 11.8 Å². The summed E-state index contributed by atoms with van der Waals surface area (Å²) >= 11 is 1.66. The summed E-state index contributed by atoms with van der Waals surface area (Å²) < 4.78 is 4.61. The number of carbonyl (C=O) groups excluding carboxylic acids is 2. The second kappa shape index (κ2) is 6.61. The summed E-state index contributed by atoms with van der Waals surface area (Å²) in [6, 6.07) is 9.61. The van der Waals surface area contributed by atoms with Crippen LogP contribution in [-0.4, -0.2) is 36.0 Å². The smallest absolute Gasteiger partial charge is 0.407 e. The van der Waals surface area contributed by atoms with E-state index in [2.05, 4.69) is 10.1 Å². The van der Waals surface area contributed by atoms with Crippen molar-refractivity contribution in [2.45, 2.75) is 24.1 Å². The van der Waals surface area contributed by atoms with E-state index in [1.165, 1.54) is 7.11 Å². The van der Waals surface area contributed by atoms with Gasteiger partial charge in [-0.2, -0.15) is 0 Å². The Hall–Kier alpha value is -1.49. The highest BCUT2D eigenvalue weighted by atomic mass is 32.2. The fourth-order valence-electron chi connectivity index (χ4n) is 1.91. The Morgan fingerprint density at radius 2 is 2.11 bits per heavy atom. The molecule has 1 unspecified atom stereocenters. The molecule has 1 aromatic carbocycles. The van der Waals surface area contributed by atoms with E-state index in [0.29, 0.717) is 12.8 Å². The molecule has 1 heterocycles. The number of benzene rings is 1. The van der Waals surface area contributed by atoms with E-state index in [4.69, 9.17) is 0 Å². The minimum atomic E-state index is -0.489. The van der Waals surface area contributed by atoms with Crippen molar-refractivity contribution in [2.24, 2.45) is 0 Å². The van der Waals surface area contributed by atoms with E-state index in [-0.39, 0.29) is 17.1 Å². The maximum Gasteiger partial charge on any atom is 0.407 e. The third-order valence-corrected chi connectivity index (χ3v) is 3.90. The second-order valence-electron chi connectivity index (χ2n) is 4.51. The molecule has 0 aliphatic carbocycles. The Kier molecular flexibility index (Phi) is 4.85. The van der Waals surface area contributed by atoms with E-state index in [1.54, 1.807) is 11.8 Å².